The zero-order valence-electron chi connectivity index (χ0n) is 8.20. The van der Waals surface area contributed by atoms with E-state index in [-0.39, 0.29) is 10.9 Å². The van der Waals surface area contributed by atoms with E-state index in [0.29, 0.717) is 10.9 Å². The number of carbonyl (C=O) groups is 1. The molecule has 0 bridgehead atoms. The molecule has 4 nitrogen and oxygen atoms in total. The van der Waals surface area contributed by atoms with Crippen LogP contribution in [0, 0.1) is 5.82 Å². The van der Waals surface area contributed by atoms with Gasteiger partial charge in [0.25, 0.3) is 0 Å². The number of aryl methyl sites for hydroxylation is 1. The number of nitrogens with zero attached hydrogens (tertiary/aromatic N) is 1. The molecule has 1 N–H and O–H groups in total. The van der Waals surface area contributed by atoms with Gasteiger partial charge >= 0.3 is 6.16 Å². The van der Waals surface area contributed by atoms with Gasteiger partial charge in [0.05, 0.1) is 5.52 Å². The van der Waals surface area contributed by atoms with Gasteiger partial charge in [-0.25, -0.2) is 9.18 Å². The largest absolute Gasteiger partial charge is 0.512 e. The normalized spacial score (nSPS) is 10.7. The van der Waals surface area contributed by atoms with Crippen molar-refractivity contribution in [3.05, 3.63) is 29.0 Å². The number of aromatic nitrogens is 1. The van der Waals surface area contributed by atoms with E-state index in [1.165, 1.54) is 22.8 Å². The summed E-state index contributed by atoms with van der Waals surface area (Å²) in [6.45, 7) is 0. The molecule has 0 spiro atoms. The Morgan fingerprint density at radius 2 is 2.25 bits per heavy atom. The number of halogens is 2. The Kier molecular flexibility index (Phi) is 2.47. The van der Waals surface area contributed by atoms with Gasteiger partial charge in [-0.2, -0.15) is 0 Å². The van der Waals surface area contributed by atoms with E-state index in [2.05, 4.69) is 4.74 Å². The van der Waals surface area contributed by atoms with Crippen molar-refractivity contribution in [3.8, 4) is 5.88 Å². The minimum Gasteiger partial charge on any atom is -0.449 e. The van der Waals surface area contributed by atoms with Crippen molar-refractivity contribution in [2.45, 2.75) is 0 Å². The number of fused-ring (bicyclic) bond motifs is 1. The predicted molar refractivity (Wildman–Crippen MR) is 56.5 cm³/mol. The summed E-state index contributed by atoms with van der Waals surface area (Å²) in [6, 6.07) is 4.00. The highest BCUT2D eigenvalue weighted by molar-refractivity contribution is 6.37. The van der Waals surface area contributed by atoms with Gasteiger partial charge < -0.3 is 14.4 Å². The summed E-state index contributed by atoms with van der Waals surface area (Å²) in [6.07, 6.45) is -1.46. The molecule has 0 fully saturated rings. The van der Waals surface area contributed by atoms with Crippen LogP contribution in [0.15, 0.2) is 18.2 Å². The first-order chi connectivity index (χ1) is 7.50. The van der Waals surface area contributed by atoms with Gasteiger partial charge in [0.2, 0.25) is 5.88 Å². The average Bonchev–Trinajstić information content (AvgIpc) is 2.43. The first-order valence-electron chi connectivity index (χ1n) is 4.35. The molecule has 0 unspecified atom stereocenters. The molecule has 2 aromatic rings. The fourth-order valence-electron chi connectivity index (χ4n) is 1.54. The zero-order valence-corrected chi connectivity index (χ0v) is 8.95. The lowest BCUT2D eigenvalue weighted by atomic mass is 10.2. The van der Waals surface area contributed by atoms with E-state index in [9.17, 15) is 9.18 Å². The molecule has 1 aromatic heterocycles. The van der Waals surface area contributed by atoms with E-state index in [4.69, 9.17) is 16.7 Å². The molecule has 84 valence electrons. The Morgan fingerprint density at radius 1 is 1.56 bits per heavy atom. The molecule has 1 heterocycles. The highest BCUT2D eigenvalue weighted by Gasteiger charge is 2.17. The zero-order chi connectivity index (χ0) is 11.9. The molecule has 0 aliphatic rings. The molecular weight excluding hydrogens is 237 g/mol. The minimum atomic E-state index is -1.46. The second kappa shape index (κ2) is 3.68. The lowest BCUT2D eigenvalue weighted by molar-refractivity contribution is 0.141. The Hall–Kier alpha value is -1.75. The summed E-state index contributed by atoms with van der Waals surface area (Å²) in [7, 11) is 1.59. The van der Waals surface area contributed by atoms with Crippen LogP contribution in [0.4, 0.5) is 9.18 Å². The van der Waals surface area contributed by atoms with Gasteiger partial charge in [0.15, 0.2) is 0 Å². The number of carboxylic acid groups (broad SMARTS) is 1. The van der Waals surface area contributed by atoms with Crippen LogP contribution in [0.3, 0.4) is 0 Å². The third kappa shape index (κ3) is 1.59. The molecule has 6 heteroatoms. The van der Waals surface area contributed by atoms with E-state index < -0.39 is 12.0 Å². The van der Waals surface area contributed by atoms with Gasteiger partial charge in [-0.15, -0.1) is 0 Å². The van der Waals surface area contributed by atoms with Crippen molar-refractivity contribution >= 4 is 28.7 Å². The van der Waals surface area contributed by atoms with Crippen LogP contribution in [0.5, 0.6) is 5.88 Å². The van der Waals surface area contributed by atoms with E-state index in [1.807, 2.05) is 0 Å². The molecule has 1 aromatic carbocycles. The quantitative estimate of drug-likeness (QED) is 0.784. The summed E-state index contributed by atoms with van der Waals surface area (Å²) >= 11 is 5.90. The number of rotatable bonds is 1. The van der Waals surface area contributed by atoms with Crippen molar-refractivity contribution in [2.24, 2.45) is 7.05 Å². The number of hydrogen-bond donors (Lipinski definition) is 1. The maximum Gasteiger partial charge on any atom is 0.512 e. The Balaban J connectivity index is 2.71. The van der Waals surface area contributed by atoms with Crippen LogP contribution >= 0.6 is 11.6 Å². The smallest absolute Gasteiger partial charge is 0.449 e. The second-order valence-electron chi connectivity index (χ2n) is 3.21. The number of hydrogen-bond acceptors (Lipinski definition) is 2. The Bertz CT molecular complexity index is 579. The average molecular weight is 244 g/mol. The molecule has 0 aliphatic heterocycles. The number of ether oxygens (including phenoxy) is 1. The summed E-state index contributed by atoms with van der Waals surface area (Å²) in [4.78, 5) is 10.4. The SMILES string of the molecule is Cn1c(OC(=O)O)c(Cl)c2cc(F)ccc21. The third-order valence-electron chi connectivity index (χ3n) is 2.23. The molecule has 0 radical (unpaired) electrons. The van der Waals surface area contributed by atoms with Gasteiger partial charge in [-0.05, 0) is 18.2 Å². The molecular formula is C10H7ClFNO3. The standard InChI is InChI=1S/C10H7ClFNO3/c1-13-7-3-2-5(12)4-6(7)8(11)9(13)16-10(14)15/h2-4H,1H3,(H,14,15). The van der Waals surface area contributed by atoms with Crippen molar-refractivity contribution < 1.29 is 19.0 Å². The van der Waals surface area contributed by atoms with Gasteiger partial charge in [-0.3, -0.25) is 0 Å². The first kappa shape index (κ1) is 10.8. The molecule has 0 saturated heterocycles. The fraction of sp³-hybridized carbons (Fsp3) is 0.100. The van der Waals surface area contributed by atoms with E-state index in [1.54, 1.807) is 7.05 Å². The maximum absolute atomic E-state index is 13.0. The van der Waals surface area contributed by atoms with Crippen LogP contribution in [0.2, 0.25) is 5.02 Å². The molecule has 2 rings (SSSR count). The van der Waals surface area contributed by atoms with Crippen LogP contribution in [-0.2, 0) is 7.05 Å². The van der Waals surface area contributed by atoms with E-state index in [0.717, 1.165) is 0 Å². The lowest BCUT2D eigenvalue weighted by Crippen LogP contribution is -2.06. The van der Waals surface area contributed by atoms with Crippen LogP contribution < -0.4 is 4.74 Å². The van der Waals surface area contributed by atoms with Gasteiger partial charge in [-0.1, -0.05) is 11.6 Å². The second-order valence-corrected chi connectivity index (χ2v) is 3.59. The summed E-state index contributed by atoms with van der Waals surface area (Å²) in [5, 5.41) is 9.03. The summed E-state index contributed by atoms with van der Waals surface area (Å²) in [5.74, 6) is -0.461. The lowest BCUT2D eigenvalue weighted by Gasteiger charge is -2.01. The molecule has 0 saturated carbocycles. The van der Waals surface area contributed by atoms with Crippen molar-refractivity contribution in [2.75, 3.05) is 0 Å². The number of benzene rings is 1. The van der Waals surface area contributed by atoms with Crippen molar-refractivity contribution in [3.63, 3.8) is 0 Å². The molecule has 0 aliphatic carbocycles. The summed E-state index contributed by atoms with van der Waals surface area (Å²) < 4.78 is 19.0. The highest BCUT2D eigenvalue weighted by atomic mass is 35.5. The van der Waals surface area contributed by atoms with Crippen LogP contribution in [0.25, 0.3) is 10.9 Å². The van der Waals surface area contributed by atoms with Crippen molar-refractivity contribution in [1.82, 2.24) is 4.57 Å². The molecule has 16 heavy (non-hydrogen) atoms. The molecule has 0 atom stereocenters. The summed E-state index contributed by atoms with van der Waals surface area (Å²) in [5.41, 5.74) is 0.600. The minimum absolute atomic E-state index is 0.0187. The maximum atomic E-state index is 13.0. The fourth-order valence-corrected chi connectivity index (χ4v) is 1.86. The third-order valence-corrected chi connectivity index (χ3v) is 2.60. The van der Waals surface area contributed by atoms with Crippen LogP contribution in [-0.4, -0.2) is 15.8 Å². The van der Waals surface area contributed by atoms with Crippen LogP contribution in [0.1, 0.15) is 0 Å². The topological polar surface area (TPSA) is 51.5 Å². The first-order valence-corrected chi connectivity index (χ1v) is 4.72. The molecule has 0 amide bonds. The van der Waals surface area contributed by atoms with Gasteiger partial charge in [0, 0.05) is 12.4 Å². The predicted octanol–water partition coefficient (Wildman–Crippen LogP) is 3.03. The monoisotopic (exact) mass is 243 g/mol. The Morgan fingerprint density at radius 3 is 2.88 bits per heavy atom. The van der Waals surface area contributed by atoms with E-state index >= 15 is 0 Å². The Labute approximate surface area is 94.8 Å². The van der Waals surface area contributed by atoms with Gasteiger partial charge in [0.1, 0.15) is 10.8 Å². The highest BCUT2D eigenvalue weighted by Crippen LogP contribution is 2.35. The van der Waals surface area contributed by atoms with Crippen molar-refractivity contribution in [1.29, 1.82) is 0 Å².